The second-order valence-corrected chi connectivity index (χ2v) is 12.3. The number of ether oxygens (including phenoxy) is 2. The first-order chi connectivity index (χ1) is 18.7. The highest BCUT2D eigenvalue weighted by atomic mass is 35.5. The fraction of sp³-hybridized carbons (Fsp3) is 0.286. The number of carbonyl (C=O) groups is 1. The fourth-order valence-corrected chi connectivity index (χ4v) is 7.06. The van der Waals surface area contributed by atoms with E-state index in [0.29, 0.717) is 59.5 Å². The van der Waals surface area contributed by atoms with Crippen molar-refractivity contribution < 1.29 is 22.7 Å². The Kier molecular flexibility index (Phi) is 8.89. The van der Waals surface area contributed by atoms with E-state index in [2.05, 4.69) is 0 Å². The zero-order chi connectivity index (χ0) is 27.7. The van der Waals surface area contributed by atoms with Crippen molar-refractivity contribution in [2.45, 2.75) is 11.3 Å². The number of benzene rings is 3. The first-order valence-electron chi connectivity index (χ1n) is 12.4. The molecular weight excluding hydrogens is 572 g/mol. The number of nitrogens with zero attached hydrogens (tertiary/aromatic N) is 4. The highest BCUT2D eigenvalue weighted by Crippen LogP contribution is 2.38. The predicted octanol–water partition coefficient (Wildman–Crippen LogP) is 4.70. The van der Waals surface area contributed by atoms with E-state index in [-0.39, 0.29) is 23.2 Å². The molecule has 1 aliphatic rings. The molecule has 0 radical (unpaired) electrons. The number of fused-ring (bicyclic) bond motifs is 2. The van der Waals surface area contributed by atoms with E-state index < -0.39 is 10.0 Å². The third-order valence-electron chi connectivity index (χ3n) is 6.66. The van der Waals surface area contributed by atoms with Crippen molar-refractivity contribution in [3.05, 3.63) is 71.8 Å². The number of hydrogen-bond donors (Lipinski definition) is 0. The Bertz CT molecular complexity index is 1580. The monoisotopic (exact) mass is 602 g/mol. The molecule has 0 atom stereocenters. The largest absolute Gasteiger partial charge is 0.493 e. The van der Waals surface area contributed by atoms with Crippen LogP contribution in [-0.4, -0.2) is 72.2 Å². The molecule has 9 nitrogen and oxygen atoms in total. The first kappa shape index (κ1) is 29.6. The molecule has 2 heterocycles. The Morgan fingerprint density at radius 1 is 1.00 bits per heavy atom. The van der Waals surface area contributed by atoms with Gasteiger partial charge < -0.3 is 14.4 Å². The summed E-state index contributed by atoms with van der Waals surface area (Å²) in [4.78, 5) is 22.2. The van der Waals surface area contributed by atoms with Gasteiger partial charge in [-0.3, -0.25) is 14.0 Å². The van der Waals surface area contributed by atoms with E-state index in [4.69, 9.17) is 14.5 Å². The lowest BCUT2D eigenvalue weighted by Crippen LogP contribution is -2.36. The number of rotatable bonds is 9. The minimum absolute atomic E-state index is 0. The third-order valence-corrected chi connectivity index (χ3v) is 9.53. The number of halogens is 1. The van der Waals surface area contributed by atoms with Crippen LogP contribution in [0.1, 0.15) is 15.9 Å². The van der Waals surface area contributed by atoms with Crippen molar-refractivity contribution in [2.24, 2.45) is 0 Å². The van der Waals surface area contributed by atoms with Crippen molar-refractivity contribution in [1.29, 1.82) is 0 Å². The number of carbonyl (C=O) groups excluding carboxylic acids is 1. The average Bonchev–Trinajstić information content (AvgIpc) is 3.56. The summed E-state index contributed by atoms with van der Waals surface area (Å²) in [5, 5.41) is 0.539. The molecule has 0 bridgehead atoms. The van der Waals surface area contributed by atoms with E-state index >= 15 is 0 Å². The molecule has 0 spiro atoms. The second-order valence-electron chi connectivity index (χ2n) is 9.41. The molecule has 0 N–H and O–H groups in total. The standard InChI is InChI=1S/C28H30N4O5S2.ClH/c1-30(2)15-16-31(28-29-22-17-24(36-3)25(37-4)18-26(22)38-28)27(33)20-9-11-21(12-10-20)39(34,35)32-14-13-19-7-5-6-8-23(19)32;/h5-12,17-18H,13-16H2,1-4H3;1H. The molecule has 4 aromatic rings. The highest BCUT2D eigenvalue weighted by molar-refractivity contribution is 7.92. The van der Waals surface area contributed by atoms with Gasteiger partial charge in [-0.2, -0.15) is 0 Å². The minimum Gasteiger partial charge on any atom is -0.493 e. The van der Waals surface area contributed by atoms with Crippen LogP contribution in [0.4, 0.5) is 10.8 Å². The van der Waals surface area contributed by atoms with Crippen LogP contribution in [0.25, 0.3) is 10.2 Å². The van der Waals surface area contributed by atoms with Gasteiger partial charge >= 0.3 is 0 Å². The van der Waals surface area contributed by atoms with Crippen LogP contribution in [0.2, 0.25) is 0 Å². The summed E-state index contributed by atoms with van der Waals surface area (Å²) < 4.78 is 39.9. The zero-order valence-corrected chi connectivity index (χ0v) is 25.1. The molecule has 40 heavy (non-hydrogen) atoms. The Morgan fingerprint density at radius 2 is 1.68 bits per heavy atom. The maximum absolute atomic E-state index is 13.7. The van der Waals surface area contributed by atoms with Gasteiger partial charge in [-0.1, -0.05) is 29.5 Å². The van der Waals surface area contributed by atoms with Crippen LogP contribution in [0.5, 0.6) is 11.5 Å². The molecule has 3 aromatic carbocycles. The molecule has 0 fully saturated rings. The summed E-state index contributed by atoms with van der Waals surface area (Å²) in [5.41, 5.74) is 2.79. The van der Waals surface area contributed by atoms with Gasteiger partial charge in [0.15, 0.2) is 16.6 Å². The van der Waals surface area contributed by atoms with E-state index in [0.717, 1.165) is 10.3 Å². The topological polar surface area (TPSA) is 92.3 Å². The molecule has 1 aromatic heterocycles. The van der Waals surface area contributed by atoms with Gasteiger partial charge in [0.05, 0.1) is 35.0 Å². The van der Waals surface area contributed by atoms with E-state index in [1.807, 2.05) is 49.3 Å². The molecule has 0 saturated heterocycles. The highest BCUT2D eigenvalue weighted by Gasteiger charge is 2.31. The van der Waals surface area contributed by atoms with Gasteiger partial charge in [-0.15, -0.1) is 12.4 Å². The predicted molar refractivity (Wildman–Crippen MR) is 161 cm³/mol. The number of hydrogen-bond acceptors (Lipinski definition) is 8. The summed E-state index contributed by atoms with van der Waals surface area (Å²) in [5.74, 6) is 0.888. The third kappa shape index (κ3) is 5.60. The van der Waals surface area contributed by atoms with Gasteiger partial charge in [0, 0.05) is 37.3 Å². The normalized spacial score (nSPS) is 12.8. The van der Waals surface area contributed by atoms with E-state index in [1.54, 1.807) is 37.3 Å². The van der Waals surface area contributed by atoms with Crippen LogP contribution < -0.4 is 18.7 Å². The average molecular weight is 603 g/mol. The second kappa shape index (κ2) is 12.0. The number of likely N-dealkylation sites (N-methyl/N-ethyl adjacent to an activating group) is 1. The lowest BCUT2D eigenvalue weighted by Gasteiger charge is -2.22. The summed E-state index contributed by atoms with van der Waals surface area (Å²) >= 11 is 1.38. The van der Waals surface area contributed by atoms with E-state index in [9.17, 15) is 13.2 Å². The molecule has 0 aliphatic carbocycles. The number of sulfonamides is 1. The number of methoxy groups -OCH3 is 2. The smallest absolute Gasteiger partial charge is 0.264 e. The molecule has 0 saturated carbocycles. The Morgan fingerprint density at radius 3 is 2.35 bits per heavy atom. The molecular formula is C28H31ClN4O5S2. The van der Waals surface area contributed by atoms with E-state index in [1.165, 1.54) is 27.8 Å². The number of amides is 1. The number of aromatic nitrogens is 1. The molecule has 0 unspecified atom stereocenters. The number of thiazole rings is 1. The van der Waals surface area contributed by atoms with Gasteiger partial charge in [0.2, 0.25) is 0 Å². The Labute approximate surface area is 244 Å². The SMILES string of the molecule is COc1cc2nc(N(CCN(C)C)C(=O)c3ccc(S(=O)(=O)N4CCc5ccccc54)cc3)sc2cc1OC.Cl. The molecule has 212 valence electrons. The minimum atomic E-state index is -3.75. The molecule has 5 rings (SSSR count). The molecule has 12 heteroatoms. The number of anilines is 2. The maximum atomic E-state index is 13.7. The molecule has 1 amide bonds. The van der Waals surface area contributed by atoms with Gasteiger partial charge in [0.1, 0.15) is 0 Å². The lowest BCUT2D eigenvalue weighted by molar-refractivity contribution is 0.0985. The quantitative estimate of drug-likeness (QED) is 0.274. The summed E-state index contributed by atoms with van der Waals surface area (Å²) in [6.07, 6.45) is 0.673. The van der Waals surface area contributed by atoms with Crippen LogP contribution in [-0.2, 0) is 16.4 Å². The van der Waals surface area contributed by atoms with Crippen LogP contribution in [0, 0.1) is 0 Å². The summed E-state index contributed by atoms with van der Waals surface area (Å²) in [6, 6.07) is 17.3. The summed E-state index contributed by atoms with van der Waals surface area (Å²) in [7, 11) is 3.26. The van der Waals surface area contributed by atoms with Gasteiger partial charge in [0.25, 0.3) is 15.9 Å². The van der Waals surface area contributed by atoms with Crippen molar-refractivity contribution >= 4 is 60.7 Å². The Balaban J connectivity index is 0.00000370. The lowest BCUT2D eigenvalue weighted by atomic mass is 10.2. The zero-order valence-electron chi connectivity index (χ0n) is 22.7. The maximum Gasteiger partial charge on any atom is 0.264 e. The van der Waals surface area contributed by atoms with Crippen molar-refractivity contribution in [3.63, 3.8) is 0 Å². The molecule has 1 aliphatic heterocycles. The first-order valence-corrected chi connectivity index (χ1v) is 14.7. The Hall–Kier alpha value is -3.38. The van der Waals surface area contributed by atoms with Crippen LogP contribution >= 0.6 is 23.7 Å². The van der Waals surface area contributed by atoms with Crippen LogP contribution in [0.3, 0.4) is 0 Å². The van der Waals surface area contributed by atoms with Crippen LogP contribution in [0.15, 0.2) is 65.6 Å². The fourth-order valence-electron chi connectivity index (χ4n) is 4.55. The number of para-hydroxylation sites is 1. The summed E-state index contributed by atoms with van der Waals surface area (Å²) in [6.45, 7) is 1.42. The van der Waals surface area contributed by atoms with Crippen molar-refractivity contribution in [3.8, 4) is 11.5 Å². The van der Waals surface area contributed by atoms with Crippen molar-refractivity contribution in [2.75, 3.05) is 57.2 Å². The van der Waals surface area contributed by atoms with Crippen molar-refractivity contribution in [1.82, 2.24) is 9.88 Å². The van der Waals surface area contributed by atoms with Gasteiger partial charge in [-0.25, -0.2) is 13.4 Å². The van der Waals surface area contributed by atoms with Gasteiger partial charge in [-0.05, 0) is 56.4 Å².